The summed E-state index contributed by atoms with van der Waals surface area (Å²) in [6, 6.07) is 0. The molecule has 2 aromatic rings. The fourth-order valence-corrected chi connectivity index (χ4v) is 3.38. The largest absolute Gasteiger partial charge is 0.373 e. The van der Waals surface area contributed by atoms with Gasteiger partial charge in [0.25, 0.3) is 5.91 Å². The topological polar surface area (TPSA) is 79.9 Å². The summed E-state index contributed by atoms with van der Waals surface area (Å²) in [5.41, 5.74) is 3.52. The lowest BCUT2D eigenvalue weighted by Gasteiger charge is -2.31. The summed E-state index contributed by atoms with van der Waals surface area (Å²) >= 11 is 1.37. The summed E-state index contributed by atoms with van der Waals surface area (Å²) in [6.45, 7) is 3.21. The molecule has 2 atom stereocenters. The van der Waals surface area contributed by atoms with E-state index in [1.807, 2.05) is 13.1 Å². The summed E-state index contributed by atoms with van der Waals surface area (Å²) < 4.78 is 5.86. The number of aryl methyl sites for hydroxylation is 1. The lowest BCUT2D eigenvalue weighted by molar-refractivity contribution is -0.0272. The smallest absolute Gasteiger partial charge is 0.263 e. The molecule has 112 valence electrons. The van der Waals surface area contributed by atoms with Crippen molar-refractivity contribution in [1.82, 2.24) is 20.5 Å². The second-order valence-corrected chi connectivity index (χ2v) is 6.06. The number of aromatic nitrogens is 3. The van der Waals surface area contributed by atoms with E-state index in [0.29, 0.717) is 11.4 Å². The number of amides is 1. The normalized spacial score (nSPS) is 22.1. The average molecular weight is 306 g/mol. The summed E-state index contributed by atoms with van der Waals surface area (Å²) in [6.07, 6.45) is 5.71. The monoisotopic (exact) mass is 306 g/mol. The number of nitrogens with zero attached hydrogens (tertiary/aromatic N) is 2. The first kappa shape index (κ1) is 14.2. The first-order valence-corrected chi connectivity index (χ1v) is 7.92. The van der Waals surface area contributed by atoms with Crippen LogP contribution in [0.5, 0.6) is 0 Å². The van der Waals surface area contributed by atoms with Crippen LogP contribution in [-0.2, 0) is 4.74 Å². The van der Waals surface area contributed by atoms with Crippen LogP contribution in [0.3, 0.4) is 0 Å². The minimum absolute atomic E-state index is 0.000331. The van der Waals surface area contributed by atoms with Crippen molar-refractivity contribution in [3.05, 3.63) is 34.0 Å². The quantitative estimate of drug-likeness (QED) is 0.906. The molecule has 1 fully saturated rings. The Morgan fingerprint density at radius 1 is 1.62 bits per heavy atom. The van der Waals surface area contributed by atoms with Gasteiger partial charge in [-0.1, -0.05) is 0 Å². The molecule has 21 heavy (non-hydrogen) atoms. The highest BCUT2D eigenvalue weighted by Crippen LogP contribution is 2.32. The molecule has 0 aliphatic carbocycles. The Kier molecular flexibility index (Phi) is 4.31. The molecule has 0 unspecified atom stereocenters. The zero-order valence-corrected chi connectivity index (χ0v) is 12.7. The highest BCUT2D eigenvalue weighted by atomic mass is 32.1. The predicted molar refractivity (Wildman–Crippen MR) is 79.2 cm³/mol. The Morgan fingerprint density at radius 3 is 3.24 bits per heavy atom. The third kappa shape index (κ3) is 3.14. The SMILES string of the molecule is Cc1ncsc1C(=O)NC[C@@H]1CCCO[C@H]1c1cn[nH]c1. The molecule has 0 bridgehead atoms. The van der Waals surface area contributed by atoms with Gasteiger partial charge in [0, 0.05) is 30.8 Å². The van der Waals surface area contributed by atoms with Crippen molar-refractivity contribution >= 4 is 17.2 Å². The van der Waals surface area contributed by atoms with Crippen molar-refractivity contribution < 1.29 is 9.53 Å². The molecule has 7 heteroatoms. The van der Waals surface area contributed by atoms with E-state index in [4.69, 9.17) is 4.74 Å². The molecule has 0 saturated carbocycles. The zero-order chi connectivity index (χ0) is 14.7. The van der Waals surface area contributed by atoms with Crippen LogP contribution in [-0.4, -0.2) is 34.2 Å². The Bertz CT molecular complexity index is 596. The summed E-state index contributed by atoms with van der Waals surface area (Å²) in [4.78, 5) is 17.0. The Balaban J connectivity index is 1.63. The third-order valence-corrected chi connectivity index (χ3v) is 4.70. The van der Waals surface area contributed by atoms with Gasteiger partial charge in [-0.2, -0.15) is 5.10 Å². The zero-order valence-electron chi connectivity index (χ0n) is 11.8. The molecular weight excluding hydrogens is 288 g/mol. The van der Waals surface area contributed by atoms with E-state index in [1.54, 1.807) is 11.7 Å². The van der Waals surface area contributed by atoms with Crippen LogP contribution in [0.25, 0.3) is 0 Å². The van der Waals surface area contributed by atoms with Crippen LogP contribution in [0.4, 0.5) is 0 Å². The van der Waals surface area contributed by atoms with Crippen LogP contribution in [0, 0.1) is 12.8 Å². The fourth-order valence-electron chi connectivity index (χ4n) is 2.66. The van der Waals surface area contributed by atoms with Crippen molar-refractivity contribution in [2.75, 3.05) is 13.2 Å². The second kappa shape index (κ2) is 6.36. The third-order valence-electron chi connectivity index (χ3n) is 3.77. The molecule has 0 radical (unpaired) electrons. The number of carbonyl (C=O) groups excluding carboxylic acids is 1. The van der Waals surface area contributed by atoms with Crippen LogP contribution < -0.4 is 5.32 Å². The number of rotatable bonds is 4. The molecular formula is C14H18N4O2S. The summed E-state index contributed by atoms with van der Waals surface area (Å²) in [7, 11) is 0. The molecule has 1 saturated heterocycles. The maximum absolute atomic E-state index is 12.2. The summed E-state index contributed by atoms with van der Waals surface area (Å²) in [5.74, 6) is 0.222. The van der Waals surface area contributed by atoms with E-state index in [1.165, 1.54) is 11.3 Å². The number of H-pyrrole nitrogens is 1. The number of ether oxygens (including phenoxy) is 1. The van der Waals surface area contributed by atoms with Gasteiger partial charge in [-0.05, 0) is 19.8 Å². The van der Waals surface area contributed by atoms with E-state index in [0.717, 1.165) is 30.7 Å². The molecule has 0 spiro atoms. The van der Waals surface area contributed by atoms with Crippen molar-refractivity contribution in [3.63, 3.8) is 0 Å². The van der Waals surface area contributed by atoms with Gasteiger partial charge < -0.3 is 10.1 Å². The van der Waals surface area contributed by atoms with E-state index in [9.17, 15) is 4.79 Å². The molecule has 1 aliphatic rings. The molecule has 1 amide bonds. The van der Waals surface area contributed by atoms with Gasteiger partial charge in [0.1, 0.15) is 4.88 Å². The number of thiazole rings is 1. The average Bonchev–Trinajstić information content (AvgIpc) is 3.16. The van der Waals surface area contributed by atoms with Crippen molar-refractivity contribution in [2.24, 2.45) is 5.92 Å². The second-order valence-electron chi connectivity index (χ2n) is 5.20. The molecule has 1 aliphatic heterocycles. The van der Waals surface area contributed by atoms with Gasteiger partial charge in [-0.15, -0.1) is 11.3 Å². The Hall–Kier alpha value is -1.73. The van der Waals surface area contributed by atoms with Gasteiger partial charge in [0.2, 0.25) is 0 Å². The molecule has 3 rings (SSSR count). The van der Waals surface area contributed by atoms with Crippen LogP contribution >= 0.6 is 11.3 Å². The minimum atomic E-state index is -0.0495. The standard InChI is InChI=1S/C14H18N4O2S/c1-9-13(21-8-16-9)14(19)15-5-10-3-2-4-20-12(10)11-6-17-18-7-11/h6-8,10,12H,2-5H2,1H3,(H,15,19)(H,17,18)/t10-,12+/m0/s1. The number of aromatic amines is 1. The van der Waals surface area contributed by atoms with Crippen molar-refractivity contribution in [2.45, 2.75) is 25.9 Å². The lowest BCUT2D eigenvalue weighted by atomic mass is 9.91. The highest BCUT2D eigenvalue weighted by Gasteiger charge is 2.28. The van der Waals surface area contributed by atoms with Crippen LogP contribution in [0.1, 0.15) is 39.9 Å². The number of carbonyl (C=O) groups is 1. The molecule has 3 heterocycles. The maximum atomic E-state index is 12.2. The first-order chi connectivity index (χ1) is 10.3. The Labute approximate surface area is 126 Å². The number of hydrogen-bond donors (Lipinski definition) is 2. The predicted octanol–water partition coefficient (Wildman–Crippen LogP) is 2.07. The minimum Gasteiger partial charge on any atom is -0.373 e. The Morgan fingerprint density at radius 2 is 2.52 bits per heavy atom. The van der Waals surface area contributed by atoms with E-state index in [-0.39, 0.29) is 17.9 Å². The highest BCUT2D eigenvalue weighted by molar-refractivity contribution is 7.11. The number of nitrogens with one attached hydrogen (secondary N) is 2. The van der Waals surface area contributed by atoms with Crippen LogP contribution in [0.15, 0.2) is 17.9 Å². The van der Waals surface area contributed by atoms with E-state index >= 15 is 0 Å². The van der Waals surface area contributed by atoms with E-state index in [2.05, 4.69) is 20.5 Å². The fraction of sp³-hybridized carbons (Fsp3) is 0.500. The van der Waals surface area contributed by atoms with Gasteiger partial charge in [0.05, 0.1) is 23.5 Å². The van der Waals surface area contributed by atoms with Crippen molar-refractivity contribution in [1.29, 1.82) is 0 Å². The van der Waals surface area contributed by atoms with Gasteiger partial charge in [0.15, 0.2) is 0 Å². The molecule has 2 aromatic heterocycles. The van der Waals surface area contributed by atoms with E-state index < -0.39 is 0 Å². The first-order valence-electron chi connectivity index (χ1n) is 7.04. The maximum Gasteiger partial charge on any atom is 0.263 e. The number of hydrogen-bond acceptors (Lipinski definition) is 5. The van der Waals surface area contributed by atoms with Crippen LogP contribution in [0.2, 0.25) is 0 Å². The molecule has 6 nitrogen and oxygen atoms in total. The van der Waals surface area contributed by atoms with Gasteiger partial charge in [-0.25, -0.2) is 4.98 Å². The summed E-state index contributed by atoms with van der Waals surface area (Å²) in [5, 5.41) is 9.81. The van der Waals surface area contributed by atoms with Gasteiger partial charge >= 0.3 is 0 Å². The van der Waals surface area contributed by atoms with Crippen molar-refractivity contribution in [3.8, 4) is 0 Å². The lowest BCUT2D eigenvalue weighted by Crippen LogP contribution is -2.35. The van der Waals surface area contributed by atoms with Gasteiger partial charge in [-0.3, -0.25) is 9.89 Å². The molecule has 2 N–H and O–H groups in total. The molecule has 0 aromatic carbocycles.